The molecule has 1 rings (SSSR count). The van der Waals surface area contributed by atoms with Crippen molar-refractivity contribution in [1.29, 1.82) is 0 Å². The van der Waals surface area contributed by atoms with Crippen LogP contribution >= 0.6 is 0 Å². The molecule has 0 radical (unpaired) electrons. The lowest BCUT2D eigenvalue weighted by Gasteiger charge is -2.15. The molecule has 0 saturated heterocycles. The minimum atomic E-state index is -0.873. The van der Waals surface area contributed by atoms with E-state index in [9.17, 15) is 4.79 Å². The molecule has 2 heteroatoms. The number of carbonyl (C=O) groups is 1. The smallest absolute Gasteiger partial charge is 0.312 e. The molecule has 2 nitrogen and oxygen atoms in total. The first kappa shape index (κ1) is 10.3. The third-order valence-electron chi connectivity index (χ3n) is 2.19. The molecule has 0 fully saturated rings. The zero-order chi connectivity index (χ0) is 10.6. The molecule has 14 heavy (non-hydrogen) atoms. The third kappa shape index (κ3) is 2.14. The first-order valence-electron chi connectivity index (χ1n) is 4.40. The Morgan fingerprint density at radius 1 is 1.43 bits per heavy atom. The van der Waals surface area contributed by atoms with Gasteiger partial charge in [-0.25, -0.2) is 0 Å². The fourth-order valence-corrected chi connectivity index (χ4v) is 1.40. The zero-order valence-corrected chi connectivity index (χ0v) is 7.97. The van der Waals surface area contributed by atoms with Gasteiger partial charge in [0, 0.05) is 5.92 Å². The van der Waals surface area contributed by atoms with Gasteiger partial charge in [-0.2, -0.15) is 0 Å². The molecular weight excluding hydrogens is 176 g/mol. The van der Waals surface area contributed by atoms with Crippen molar-refractivity contribution in [1.82, 2.24) is 0 Å². The quantitative estimate of drug-likeness (QED) is 0.738. The van der Waals surface area contributed by atoms with Crippen LogP contribution in [0.5, 0.6) is 0 Å². The Balaban J connectivity index is 3.02. The van der Waals surface area contributed by atoms with Crippen LogP contribution in [0.1, 0.15) is 18.4 Å². The van der Waals surface area contributed by atoms with Crippen LogP contribution in [0.4, 0.5) is 0 Å². The first-order valence-corrected chi connectivity index (χ1v) is 4.40. The van der Waals surface area contributed by atoms with Crippen molar-refractivity contribution in [2.75, 3.05) is 0 Å². The van der Waals surface area contributed by atoms with Crippen molar-refractivity contribution in [2.45, 2.75) is 12.8 Å². The lowest BCUT2D eigenvalue weighted by Crippen LogP contribution is -2.18. The molecule has 2 atom stereocenters. The summed E-state index contributed by atoms with van der Waals surface area (Å²) >= 11 is 0. The molecule has 0 bridgehead atoms. The molecule has 1 aromatic carbocycles. The van der Waals surface area contributed by atoms with E-state index in [2.05, 4.69) is 5.92 Å². The number of aliphatic carboxylic acids is 1. The third-order valence-corrected chi connectivity index (χ3v) is 2.19. The average Bonchev–Trinajstić information content (AvgIpc) is 2.19. The van der Waals surface area contributed by atoms with E-state index in [1.807, 2.05) is 18.2 Å². The summed E-state index contributed by atoms with van der Waals surface area (Å²) in [5.74, 6) is 0.684. The lowest BCUT2D eigenvalue weighted by molar-refractivity contribution is -0.139. The Bertz CT molecular complexity index is 348. The van der Waals surface area contributed by atoms with Gasteiger partial charge in [0.05, 0.1) is 5.92 Å². The molecule has 1 N–H and O–H groups in total. The van der Waals surface area contributed by atoms with Gasteiger partial charge in [0.2, 0.25) is 0 Å². The Labute approximate surface area is 83.6 Å². The Kier molecular flexibility index (Phi) is 3.30. The largest absolute Gasteiger partial charge is 0.481 e. The minimum absolute atomic E-state index is 0.296. The second kappa shape index (κ2) is 4.48. The van der Waals surface area contributed by atoms with E-state index in [1.54, 1.807) is 19.1 Å². The maximum Gasteiger partial charge on any atom is 0.312 e. The summed E-state index contributed by atoms with van der Waals surface area (Å²) in [4.78, 5) is 11.0. The van der Waals surface area contributed by atoms with Crippen LogP contribution in [0.3, 0.4) is 0 Å². The molecule has 0 aliphatic heterocycles. The summed E-state index contributed by atoms with van der Waals surface area (Å²) in [7, 11) is 0. The Hall–Kier alpha value is -1.75. The number of hydrogen-bond acceptors (Lipinski definition) is 1. The van der Waals surface area contributed by atoms with E-state index in [1.165, 1.54) is 0 Å². The van der Waals surface area contributed by atoms with Crippen LogP contribution in [0.25, 0.3) is 0 Å². The fraction of sp³-hybridized carbons (Fsp3) is 0.250. The second-order valence-corrected chi connectivity index (χ2v) is 3.18. The van der Waals surface area contributed by atoms with Crippen molar-refractivity contribution in [2.24, 2.45) is 5.92 Å². The van der Waals surface area contributed by atoms with Crippen LogP contribution in [0, 0.1) is 18.3 Å². The van der Waals surface area contributed by atoms with Gasteiger partial charge in [-0.05, 0) is 5.56 Å². The number of carboxylic acid groups (broad SMARTS) is 1. The molecule has 0 heterocycles. The number of benzene rings is 1. The summed E-state index contributed by atoms with van der Waals surface area (Å²) in [6.07, 6.45) is 5.23. The predicted molar refractivity (Wildman–Crippen MR) is 54.8 cm³/mol. The van der Waals surface area contributed by atoms with Gasteiger partial charge in [-0.15, -0.1) is 12.3 Å². The number of hydrogen-bond donors (Lipinski definition) is 1. The summed E-state index contributed by atoms with van der Waals surface area (Å²) < 4.78 is 0. The van der Waals surface area contributed by atoms with E-state index in [0.717, 1.165) is 5.56 Å². The highest BCUT2D eigenvalue weighted by atomic mass is 16.4. The molecular formula is C12H12O2. The summed E-state index contributed by atoms with van der Waals surface area (Å²) in [6.45, 7) is 1.74. The highest BCUT2D eigenvalue weighted by Crippen LogP contribution is 2.24. The molecule has 0 aromatic heterocycles. The monoisotopic (exact) mass is 188 g/mol. The van der Waals surface area contributed by atoms with Gasteiger partial charge in [0.15, 0.2) is 0 Å². The fourth-order valence-electron chi connectivity index (χ4n) is 1.40. The van der Waals surface area contributed by atoms with Gasteiger partial charge in [-0.3, -0.25) is 4.79 Å². The lowest BCUT2D eigenvalue weighted by atomic mass is 9.88. The van der Waals surface area contributed by atoms with E-state index < -0.39 is 11.9 Å². The van der Waals surface area contributed by atoms with Crippen molar-refractivity contribution >= 4 is 5.97 Å². The van der Waals surface area contributed by atoms with E-state index in [-0.39, 0.29) is 5.92 Å². The standard InChI is InChI=1S/C12H12O2/c1-3-9(2)11(12(13)14)10-7-5-4-6-8-10/h1,4-9,11H,2H3,(H,13,14). The molecule has 0 spiro atoms. The minimum Gasteiger partial charge on any atom is -0.481 e. The van der Waals surface area contributed by atoms with Crippen molar-refractivity contribution < 1.29 is 9.90 Å². The molecule has 1 aromatic rings. The Morgan fingerprint density at radius 2 is 2.00 bits per heavy atom. The van der Waals surface area contributed by atoms with Crippen molar-refractivity contribution in [3.05, 3.63) is 35.9 Å². The molecule has 72 valence electrons. The van der Waals surface area contributed by atoms with E-state index >= 15 is 0 Å². The molecule has 0 amide bonds. The molecule has 0 aliphatic carbocycles. The summed E-state index contributed by atoms with van der Waals surface area (Å²) in [5.41, 5.74) is 0.755. The zero-order valence-electron chi connectivity index (χ0n) is 7.97. The highest BCUT2D eigenvalue weighted by molar-refractivity contribution is 5.77. The first-order chi connectivity index (χ1) is 6.66. The van der Waals surface area contributed by atoms with Crippen molar-refractivity contribution in [3.8, 4) is 12.3 Å². The summed E-state index contributed by atoms with van der Waals surface area (Å²) in [6, 6.07) is 9.05. The maximum atomic E-state index is 11.0. The van der Waals surface area contributed by atoms with Crippen molar-refractivity contribution in [3.63, 3.8) is 0 Å². The second-order valence-electron chi connectivity index (χ2n) is 3.18. The van der Waals surface area contributed by atoms with Crippen LogP contribution in [-0.4, -0.2) is 11.1 Å². The van der Waals surface area contributed by atoms with Gasteiger partial charge in [0.25, 0.3) is 0 Å². The van der Waals surface area contributed by atoms with Crippen LogP contribution < -0.4 is 0 Å². The van der Waals surface area contributed by atoms with Crippen LogP contribution in [-0.2, 0) is 4.79 Å². The number of terminal acetylenes is 1. The SMILES string of the molecule is C#CC(C)C(C(=O)O)c1ccccc1. The van der Waals surface area contributed by atoms with Gasteiger partial charge in [0.1, 0.15) is 0 Å². The molecule has 2 unspecified atom stereocenters. The summed E-state index contributed by atoms with van der Waals surface area (Å²) in [5, 5.41) is 9.03. The van der Waals surface area contributed by atoms with Gasteiger partial charge in [-0.1, -0.05) is 37.3 Å². The topological polar surface area (TPSA) is 37.3 Å². The normalized spacial score (nSPS) is 14.0. The van der Waals surface area contributed by atoms with E-state index in [0.29, 0.717) is 0 Å². The maximum absolute atomic E-state index is 11.0. The molecule has 0 saturated carbocycles. The predicted octanol–water partition coefficient (Wildman–Crippen LogP) is 2.12. The van der Waals surface area contributed by atoms with Crippen LogP contribution in [0.2, 0.25) is 0 Å². The van der Waals surface area contributed by atoms with Crippen LogP contribution in [0.15, 0.2) is 30.3 Å². The highest BCUT2D eigenvalue weighted by Gasteiger charge is 2.24. The van der Waals surface area contributed by atoms with E-state index in [4.69, 9.17) is 11.5 Å². The number of rotatable bonds is 3. The average molecular weight is 188 g/mol. The van der Waals surface area contributed by atoms with Gasteiger partial charge < -0.3 is 5.11 Å². The molecule has 0 aliphatic rings. The Morgan fingerprint density at radius 3 is 2.43 bits per heavy atom. The van der Waals surface area contributed by atoms with Gasteiger partial charge >= 0.3 is 5.97 Å². The number of carboxylic acids is 1.